The minimum Gasteiger partial charge on any atom is -0.472 e. The van der Waals surface area contributed by atoms with Gasteiger partial charge in [0.2, 0.25) is 5.88 Å². The molecule has 4 nitrogen and oxygen atoms in total. The van der Waals surface area contributed by atoms with Crippen LogP contribution in [0.25, 0.3) is 0 Å². The monoisotopic (exact) mass is 346 g/mol. The average Bonchev–Trinajstić information content (AvgIpc) is 2.54. The molecule has 0 amide bonds. The first-order valence-electron chi connectivity index (χ1n) is 8.61. The van der Waals surface area contributed by atoms with E-state index in [2.05, 4.69) is 16.9 Å². The van der Waals surface area contributed by atoms with Crippen LogP contribution in [-0.4, -0.2) is 29.8 Å². The van der Waals surface area contributed by atoms with Gasteiger partial charge < -0.3 is 9.47 Å². The Kier molecular flexibility index (Phi) is 6.48. The van der Waals surface area contributed by atoms with E-state index in [1.54, 1.807) is 19.2 Å². The maximum absolute atomic E-state index is 13.6. The molecular weight excluding hydrogens is 319 g/mol. The fourth-order valence-electron chi connectivity index (χ4n) is 2.91. The van der Waals surface area contributed by atoms with Gasteiger partial charge in [0, 0.05) is 19.1 Å². The summed E-state index contributed by atoms with van der Waals surface area (Å²) in [5.74, 6) is 1.06. The maximum Gasteiger partial charge on any atom is 0.220 e. The van der Waals surface area contributed by atoms with Crippen molar-refractivity contribution in [2.45, 2.75) is 53.6 Å². The normalized spacial score (nSPS) is 12.3. The third-order valence-corrected chi connectivity index (χ3v) is 4.41. The highest BCUT2D eigenvalue weighted by molar-refractivity contribution is 5.40. The highest BCUT2D eigenvalue weighted by atomic mass is 19.1. The molecule has 2 rings (SSSR count). The van der Waals surface area contributed by atoms with Gasteiger partial charge in [0.25, 0.3) is 0 Å². The minimum absolute atomic E-state index is 0.0415. The largest absolute Gasteiger partial charge is 0.472 e. The van der Waals surface area contributed by atoms with E-state index in [9.17, 15) is 4.39 Å². The Morgan fingerprint density at radius 3 is 2.28 bits per heavy atom. The summed E-state index contributed by atoms with van der Waals surface area (Å²) in [6, 6.07) is 3.13. The summed E-state index contributed by atoms with van der Waals surface area (Å²) in [6.07, 6.45) is 1.42. The predicted molar refractivity (Wildman–Crippen MR) is 96.8 cm³/mol. The molecule has 0 fully saturated rings. The SMILES string of the molecule is CCC(COC)Oc1nc(C)nc(Cc2c(C)cc(F)cc2C)c1C. The van der Waals surface area contributed by atoms with Crippen molar-refractivity contribution in [3.63, 3.8) is 0 Å². The Bertz CT molecular complexity index is 724. The number of aryl methyl sites for hydroxylation is 3. The van der Waals surface area contributed by atoms with E-state index >= 15 is 0 Å². The fourth-order valence-corrected chi connectivity index (χ4v) is 2.91. The van der Waals surface area contributed by atoms with Crippen LogP contribution in [-0.2, 0) is 11.2 Å². The van der Waals surface area contributed by atoms with Gasteiger partial charge in [-0.25, -0.2) is 9.37 Å². The molecule has 1 atom stereocenters. The molecule has 2 aromatic rings. The van der Waals surface area contributed by atoms with Crippen molar-refractivity contribution in [2.75, 3.05) is 13.7 Å². The van der Waals surface area contributed by atoms with Crippen LogP contribution in [0.3, 0.4) is 0 Å². The van der Waals surface area contributed by atoms with E-state index in [1.807, 2.05) is 27.7 Å². The molecule has 0 aliphatic heterocycles. The van der Waals surface area contributed by atoms with E-state index in [4.69, 9.17) is 9.47 Å². The van der Waals surface area contributed by atoms with E-state index in [-0.39, 0.29) is 11.9 Å². The molecule has 0 saturated heterocycles. The average molecular weight is 346 g/mol. The Morgan fingerprint density at radius 1 is 1.08 bits per heavy atom. The molecule has 0 spiro atoms. The third-order valence-electron chi connectivity index (χ3n) is 4.41. The molecule has 0 N–H and O–H groups in total. The molecule has 0 aliphatic rings. The van der Waals surface area contributed by atoms with Gasteiger partial charge in [-0.2, -0.15) is 4.98 Å². The summed E-state index contributed by atoms with van der Waals surface area (Å²) < 4.78 is 24.8. The second kappa shape index (κ2) is 8.39. The van der Waals surface area contributed by atoms with Crippen molar-refractivity contribution in [3.8, 4) is 5.88 Å². The standard InChI is InChI=1S/C20H27FN2O2/c1-7-17(11-24-6)25-20-14(4)19(22-15(5)23-20)10-18-12(2)8-16(21)9-13(18)3/h8-9,17H,7,10-11H2,1-6H3. The summed E-state index contributed by atoms with van der Waals surface area (Å²) >= 11 is 0. The second-order valence-corrected chi connectivity index (χ2v) is 6.45. The zero-order valence-corrected chi connectivity index (χ0v) is 15.9. The maximum atomic E-state index is 13.6. The Balaban J connectivity index is 2.36. The lowest BCUT2D eigenvalue weighted by atomic mass is 9.97. The number of methoxy groups -OCH3 is 1. The molecule has 25 heavy (non-hydrogen) atoms. The first-order valence-corrected chi connectivity index (χ1v) is 8.61. The molecule has 1 unspecified atom stereocenters. The third kappa shape index (κ3) is 4.75. The van der Waals surface area contributed by atoms with Crippen LogP contribution in [0, 0.1) is 33.5 Å². The van der Waals surface area contributed by atoms with Crippen LogP contribution in [0.4, 0.5) is 4.39 Å². The number of nitrogens with zero attached hydrogens (tertiary/aromatic N) is 2. The lowest BCUT2D eigenvalue weighted by molar-refractivity contribution is 0.0748. The van der Waals surface area contributed by atoms with Crippen molar-refractivity contribution >= 4 is 0 Å². The van der Waals surface area contributed by atoms with Crippen LogP contribution in [0.15, 0.2) is 12.1 Å². The van der Waals surface area contributed by atoms with Crippen molar-refractivity contribution < 1.29 is 13.9 Å². The summed E-state index contributed by atoms with van der Waals surface area (Å²) in [7, 11) is 1.66. The smallest absolute Gasteiger partial charge is 0.220 e. The van der Waals surface area contributed by atoms with Crippen molar-refractivity contribution in [1.82, 2.24) is 9.97 Å². The van der Waals surface area contributed by atoms with Crippen LogP contribution >= 0.6 is 0 Å². The molecule has 1 aromatic heterocycles. The van der Waals surface area contributed by atoms with Gasteiger partial charge in [0.1, 0.15) is 17.7 Å². The summed E-state index contributed by atoms with van der Waals surface area (Å²) in [4.78, 5) is 9.05. The van der Waals surface area contributed by atoms with Gasteiger partial charge in [0.05, 0.1) is 12.3 Å². The van der Waals surface area contributed by atoms with Gasteiger partial charge >= 0.3 is 0 Å². The Morgan fingerprint density at radius 2 is 1.72 bits per heavy atom. The number of aromatic nitrogens is 2. The zero-order valence-electron chi connectivity index (χ0n) is 15.9. The summed E-state index contributed by atoms with van der Waals surface area (Å²) in [6.45, 7) is 10.3. The molecule has 136 valence electrons. The van der Waals surface area contributed by atoms with E-state index < -0.39 is 0 Å². The van der Waals surface area contributed by atoms with Crippen LogP contribution in [0.5, 0.6) is 5.88 Å². The molecule has 1 heterocycles. The summed E-state index contributed by atoms with van der Waals surface area (Å²) in [5.41, 5.74) is 4.79. The van der Waals surface area contributed by atoms with E-state index in [1.165, 1.54) is 0 Å². The number of hydrogen-bond donors (Lipinski definition) is 0. The van der Waals surface area contributed by atoms with Gasteiger partial charge in [-0.1, -0.05) is 6.92 Å². The van der Waals surface area contributed by atoms with Crippen molar-refractivity contribution in [1.29, 1.82) is 0 Å². The van der Waals surface area contributed by atoms with Gasteiger partial charge in [-0.05, 0) is 62.9 Å². The molecule has 0 aliphatic carbocycles. The molecule has 0 radical (unpaired) electrons. The van der Waals surface area contributed by atoms with E-state index in [0.717, 1.165) is 34.4 Å². The second-order valence-electron chi connectivity index (χ2n) is 6.45. The quantitative estimate of drug-likeness (QED) is 0.752. The Hall–Kier alpha value is -2.01. The molecule has 0 saturated carbocycles. The van der Waals surface area contributed by atoms with E-state index in [0.29, 0.717) is 24.7 Å². The Labute approximate surface area is 149 Å². The molecular formula is C20H27FN2O2. The number of benzene rings is 1. The van der Waals surface area contributed by atoms with Crippen molar-refractivity contribution in [2.24, 2.45) is 0 Å². The fraction of sp³-hybridized carbons (Fsp3) is 0.500. The molecule has 0 bridgehead atoms. The molecule has 1 aromatic carbocycles. The van der Waals surface area contributed by atoms with Gasteiger partial charge in [-0.3, -0.25) is 0 Å². The number of halogens is 1. The lowest BCUT2D eigenvalue weighted by Crippen LogP contribution is -2.23. The van der Waals surface area contributed by atoms with Crippen molar-refractivity contribution in [3.05, 3.63) is 51.7 Å². The van der Waals surface area contributed by atoms with Crippen LogP contribution < -0.4 is 4.74 Å². The first-order chi connectivity index (χ1) is 11.8. The highest BCUT2D eigenvalue weighted by Crippen LogP contribution is 2.25. The predicted octanol–water partition coefficient (Wildman–Crippen LogP) is 4.24. The summed E-state index contributed by atoms with van der Waals surface area (Å²) in [5, 5.41) is 0. The zero-order chi connectivity index (χ0) is 18.6. The van der Waals surface area contributed by atoms with Crippen LogP contribution in [0.2, 0.25) is 0 Å². The number of rotatable bonds is 7. The lowest BCUT2D eigenvalue weighted by Gasteiger charge is -2.19. The number of ether oxygens (including phenoxy) is 2. The van der Waals surface area contributed by atoms with Crippen LogP contribution in [0.1, 0.15) is 47.1 Å². The van der Waals surface area contributed by atoms with Gasteiger partial charge in [-0.15, -0.1) is 0 Å². The first kappa shape index (κ1) is 19.3. The van der Waals surface area contributed by atoms with Gasteiger partial charge in [0.15, 0.2) is 0 Å². The number of hydrogen-bond acceptors (Lipinski definition) is 4. The molecule has 5 heteroatoms. The highest BCUT2D eigenvalue weighted by Gasteiger charge is 2.17. The topological polar surface area (TPSA) is 44.2 Å². The minimum atomic E-state index is -0.205.